The highest BCUT2D eigenvalue weighted by atomic mass is 35.7. The van der Waals surface area contributed by atoms with Gasteiger partial charge in [0.15, 0.2) is 0 Å². The molecule has 0 saturated carbocycles. The van der Waals surface area contributed by atoms with Crippen molar-refractivity contribution < 1.29 is 0 Å². The summed E-state index contributed by atoms with van der Waals surface area (Å²) in [4.78, 5) is 0. The van der Waals surface area contributed by atoms with E-state index in [1.54, 1.807) is 0 Å². The quantitative estimate of drug-likeness (QED) is 0.285. The van der Waals surface area contributed by atoms with Gasteiger partial charge in [-0.2, -0.15) is 0 Å². The normalized spacial score (nSPS) is 13.5. The molecule has 0 aromatic heterocycles. The molecule has 22 heavy (non-hydrogen) atoms. The topological polar surface area (TPSA) is 0 Å². The van der Waals surface area contributed by atoms with Gasteiger partial charge < -0.3 is 0 Å². The van der Waals surface area contributed by atoms with Crippen LogP contribution in [0.2, 0.25) is 12.1 Å². The average Bonchev–Trinajstić information content (AvgIpc) is 2.46. The van der Waals surface area contributed by atoms with Gasteiger partial charge in [-0.1, -0.05) is 76.8 Å². The fourth-order valence-electron chi connectivity index (χ4n) is 2.80. The van der Waals surface area contributed by atoms with Gasteiger partial charge >= 0.3 is 0 Å². The van der Waals surface area contributed by atoms with E-state index in [1.807, 2.05) is 0 Å². The number of hydrogen-bond donors (Lipinski definition) is 0. The van der Waals surface area contributed by atoms with Gasteiger partial charge in [0, 0.05) is 0 Å². The molecule has 0 saturated heterocycles. The highest BCUT2D eigenvalue weighted by Gasteiger charge is 2.27. The van der Waals surface area contributed by atoms with Crippen LogP contribution in [-0.2, 0) is 6.42 Å². The summed E-state index contributed by atoms with van der Waals surface area (Å²) < 4.78 is 0. The molecule has 0 nitrogen and oxygen atoms in total. The zero-order chi connectivity index (χ0) is 16.4. The molecule has 0 radical (unpaired) electrons. The van der Waals surface area contributed by atoms with E-state index in [0.29, 0.717) is 0 Å². The Labute approximate surface area is 148 Å². The van der Waals surface area contributed by atoms with E-state index in [1.165, 1.54) is 31.2 Å². The van der Waals surface area contributed by atoms with Crippen LogP contribution in [0.1, 0.15) is 58.4 Å². The third-order valence-corrected chi connectivity index (χ3v) is 8.71. The fourth-order valence-corrected chi connectivity index (χ4v) is 6.11. The molecule has 126 valence electrons. The highest BCUT2D eigenvalue weighted by molar-refractivity contribution is 7.45. The molecule has 0 fully saturated rings. The molecule has 0 heterocycles. The number of aryl methyl sites for hydroxylation is 1. The monoisotopic (exact) mass is 358 g/mol. The van der Waals surface area contributed by atoms with E-state index in [0.717, 1.165) is 36.8 Å². The zero-order valence-electron chi connectivity index (χ0n) is 14.5. The van der Waals surface area contributed by atoms with Crippen LogP contribution in [0.3, 0.4) is 0 Å². The van der Waals surface area contributed by atoms with E-state index in [9.17, 15) is 0 Å². The second-order valence-electron chi connectivity index (χ2n) is 7.16. The first-order valence-corrected chi connectivity index (χ1v) is 13.2. The van der Waals surface area contributed by atoms with Gasteiger partial charge in [-0.25, -0.2) is 0 Å². The summed E-state index contributed by atoms with van der Waals surface area (Å²) >= 11 is 13.3. The summed E-state index contributed by atoms with van der Waals surface area (Å²) in [5, 5.41) is 0. The summed E-state index contributed by atoms with van der Waals surface area (Å²) in [6, 6.07) is 12.7. The maximum Gasteiger partial charge on any atom is 0.251 e. The molecule has 1 aromatic carbocycles. The number of benzene rings is 1. The third-order valence-electron chi connectivity index (χ3n) is 4.33. The minimum Gasteiger partial charge on any atom is -0.146 e. The summed E-state index contributed by atoms with van der Waals surface area (Å²) in [6.45, 7) is 4.91. The smallest absolute Gasteiger partial charge is 0.146 e. The Hall–Kier alpha value is 0.0169. The molecule has 1 rings (SSSR count). The summed E-state index contributed by atoms with van der Waals surface area (Å²) in [6.07, 6.45) is 7.41. The van der Waals surface area contributed by atoms with Crippen LogP contribution in [-0.4, -0.2) is 6.69 Å². The lowest BCUT2D eigenvalue weighted by Crippen LogP contribution is -2.19. The van der Waals surface area contributed by atoms with E-state index in [2.05, 4.69) is 51.1 Å². The molecule has 3 heteroatoms. The van der Waals surface area contributed by atoms with E-state index in [4.69, 9.17) is 22.2 Å². The van der Waals surface area contributed by atoms with Crippen LogP contribution in [0.5, 0.6) is 0 Å². The van der Waals surface area contributed by atoms with Gasteiger partial charge in [-0.05, 0) is 42.3 Å². The van der Waals surface area contributed by atoms with Gasteiger partial charge in [-0.15, -0.1) is 22.2 Å². The molecule has 1 aromatic rings. The van der Waals surface area contributed by atoms with Gasteiger partial charge in [0.25, 0.3) is 6.69 Å². The summed E-state index contributed by atoms with van der Waals surface area (Å²) in [7, 11) is 0. The van der Waals surface area contributed by atoms with Crippen LogP contribution in [0.4, 0.5) is 0 Å². The molecule has 0 aliphatic heterocycles. The van der Waals surface area contributed by atoms with Crippen LogP contribution in [0.25, 0.3) is 0 Å². The zero-order valence-corrected chi connectivity index (χ0v) is 17.0. The van der Waals surface area contributed by atoms with Crippen LogP contribution in [0.15, 0.2) is 30.3 Å². The van der Waals surface area contributed by atoms with Gasteiger partial charge in [0.2, 0.25) is 0 Å². The second-order valence-corrected chi connectivity index (χ2v) is 14.8. The Balaban J connectivity index is 2.17. The largest absolute Gasteiger partial charge is 0.251 e. The first kappa shape index (κ1) is 20.1. The van der Waals surface area contributed by atoms with Gasteiger partial charge in [0.1, 0.15) is 0 Å². The average molecular weight is 359 g/mol. The van der Waals surface area contributed by atoms with Gasteiger partial charge in [0.05, 0.1) is 0 Å². The number of hydrogen-bond acceptors (Lipinski definition) is 0. The standard InChI is InChI=1S/C19H32Cl2Si/c1-17(2)9-7-10-18(3)14-16-22(20,21)15-8-13-19-11-5-4-6-12-19/h4-6,11-12,17-18H,7-10,13-16H2,1-3H3/t18-/m0/s1. The van der Waals surface area contributed by atoms with Crippen molar-refractivity contribution in [1.82, 2.24) is 0 Å². The molecule has 0 N–H and O–H groups in total. The van der Waals surface area contributed by atoms with Crippen LogP contribution >= 0.6 is 22.2 Å². The second kappa shape index (κ2) is 10.7. The van der Waals surface area contributed by atoms with Crippen molar-refractivity contribution in [3.63, 3.8) is 0 Å². The van der Waals surface area contributed by atoms with Crippen molar-refractivity contribution in [2.24, 2.45) is 11.8 Å². The summed E-state index contributed by atoms with van der Waals surface area (Å²) in [5.74, 6) is 1.58. The molecule has 0 aliphatic carbocycles. The molecular formula is C19H32Cl2Si. The van der Waals surface area contributed by atoms with Crippen molar-refractivity contribution >= 4 is 28.9 Å². The Morgan fingerprint density at radius 3 is 2.18 bits per heavy atom. The fraction of sp³-hybridized carbons (Fsp3) is 0.684. The van der Waals surface area contributed by atoms with Crippen molar-refractivity contribution in [3.8, 4) is 0 Å². The first-order chi connectivity index (χ1) is 10.4. The minimum absolute atomic E-state index is 0.761. The Kier molecular flexibility index (Phi) is 9.78. The molecule has 0 aliphatic rings. The minimum atomic E-state index is -2.04. The van der Waals surface area contributed by atoms with Crippen molar-refractivity contribution in [1.29, 1.82) is 0 Å². The Morgan fingerprint density at radius 2 is 1.55 bits per heavy atom. The lowest BCUT2D eigenvalue weighted by molar-refractivity contribution is 0.448. The maximum atomic E-state index is 6.64. The lowest BCUT2D eigenvalue weighted by Gasteiger charge is -2.19. The molecule has 0 amide bonds. The van der Waals surface area contributed by atoms with Crippen LogP contribution in [0, 0.1) is 11.8 Å². The van der Waals surface area contributed by atoms with Crippen LogP contribution < -0.4 is 0 Å². The first-order valence-electron chi connectivity index (χ1n) is 8.81. The van der Waals surface area contributed by atoms with Gasteiger partial charge in [-0.3, -0.25) is 0 Å². The number of halogens is 2. The molecule has 0 bridgehead atoms. The predicted octanol–water partition coefficient (Wildman–Crippen LogP) is 7.39. The van der Waals surface area contributed by atoms with Crippen molar-refractivity contribution in [2.45, 2.75) is 71.4 Å². The van der Waals surface area contributed by atoms with Crippen molar-refractivity contribution in [3.05, 3.63) is 35.9 Å². The molecule has 1 atom stereocenters. The SMILES string of the molecule is CC(C)CCC[C@H](C)CC[Si](Cl)(Cl)CCCc1ccccc1. The molecule has 0 spiro atoms. The predicted molar refractivity (Wildman–Crippen MR) is 104 cm³/mol. The highest BCUT2D eigenvalue weighted by Crippen LogP contribution is 2.32. The van der Waals surface area contributed by atoms with E-state index in [-0.39, 0.29) is 0 Å². The lowest BCUT2D eigenvalue weighted by atomic mass is 9.98. The van der Waals surface area contributed by atoms with E-state index >= 15 is 0 Å². The molecule has 0 unspecified atom stereocenters. The maximum absolute atomic E-state index is 6.64. The van der Waals surface area contributed by atoms with Crippen molar-refractivity contribution in [2.75, 3.05) is 0 Å². The Bertz CT molecular complexity index is 390. The third kappa shape index (κ3) is 9.92. The number of rotatable bonds is 11. The van der Waals surface area contributed by atoms with E-state index < -0.39 is 6.69 Å². The summed E-state index contributed by atoms with van der Waals surface area (Å²) in [5.41, 5.74) is 1.39. The Morgan fingerprint density at radius 1 is 0.864 bits per heavy atom. The molecular weight excluding hydrogens is 327 g/mol.